The first-order chi connectivity index (χ1) is 9.10. The van der Waals surface area contributed by atoms with Gasteiger partial charge in [-0.25, -0.2) is 4.79 Å². The molecule has 0 saturated heterocycles. The minimum absolute atomic E-state index is 0.210. The van der Waals surface area contributed by atoms with Gasteiger partial charge in [-0.05, 0) is 46.3 Å². The quantitative estimate of drug-likeness (QED) is 0.870. The van der Waals surface area contributed by atoms with Crippen molar-refractivity contribution in [3.8, 4) is 0 Å². The first-order valence-electron chi connectivity index (χ1n) is 5.35. The molecule has 0 unspecified atom stereocenters. The van der Waals surface area contributed by atoms with Gasteiger partial charge >= 0.3 is 5.97 Å². The summed E-state index contributed by atoms with van der Waals surface area (Å²) in [7, 11) is 1.32. The summed E-state index contributed by atoms with van der Waals surface area (Å²) < 4.78 is 5.52. The Balaban J connectivity index is 2.15. The highest BCUT2D eigenvalue weighted by Gasteiger charge is 2.10. The average molecular weight is 340 g/mol. The van der Waals surface area contributed by atoms with Crippen LogP contribution in [0.5, 0.6) is 0 Å². The molecule has 0 radical (unpaired) electrons. The number of carbonyl (C=O) groups is 2. The Morgan fingerprint density at radius 1 is 1.26 bits per heavy atom. The average Bonchev–Trinajstić information content (AvgIpc) is 2.85. The maximum absolute atomic E-state index is 11.9. The Kier molecular flexibility index (Phi) is 4.34. The summed E-state index contributed by atoms with van der Waals surface area (Å²) in [6, 6.07) is 10.1. The molecule has 4 nitrogen and oxygen atoms in total. The molecule has 1 amide bonds. The van der Waals surface area contributed by atoms with Gasteiger partial charge in [-0.1, -0.05) is 6.07 Å². The van der Waals surface area contributed by atoms with Crippen molar-refractivity contribution >= 4 is 44.8 Å². The topological polar surface area (TPSA) is 55.4 Å². The molecule has 1 aromatic carbocycles. The number of carbonyl (C=O) groups excluding carboxylic acids is 2. The number of anilines is 1. The maximum Gasteiger partial charge on any atom is 0.337 e. The largest absolute Gasteiger partial charge is 0.465 e. The second-order valence-electron chi connectivity index (χ2n) is 3.63. The molecule has 0 aliphatic carbocycles. The van der Waals surface area contributed by atoms with E-state index in [1.165, 1.54) is 18.4 Å². The number of nitrogens with one attached hydrogen (secondary N) is 1. The highest BCUT2D eigenvalue weighted by atomic mass is 79.9. The number of ether oxygens (including phenoxy) is 1. The van der Waals surface area contributed by atoms with Crippen LogP contribution in [0.15, 0.2) is 40.2 Å². The molecule has 0 aliphatic heterocycles. The normalized spacial score (nSPS) is 10.0. The summed E-state index contributed by atoms with van der Waals surface area (Å²) in [6.45, 7) is 0. The molecule has 19 heavy (non-hydrogen) atoms. The summed E-state index contributed by atoms with van der Waals surface area (Å²) in [6.07, 6.45) is 0. The summed E-state index contributed by atoms with van der Waals surface area (Å²) >= 11 is 4.65. The third-order valence-corrected chi connectivity index (χ3v) is 3.96. The van der Waals surface area contributed by atoms with Gasteiger partial charge in [-0.2, -0.15) is 0 Å². The highest BCUT2D eigenvalue weighted by molar-refractivity contribution is 9.11. The van der Waals surface area contributed by atoms with Gasteiger partial charge in [0, 0.05) is 5.69 Å². The van der Waals surface area contributed by atoms with E-state index in [0.717, 1.165) is 3.79 Å². The van der Waals surface area contributed by atoms with Gasteiger partial charge in [0.2, 0.25) is 0 Å². The molecule has 0 aliphatic rings. The summed E-state index contributed by atoms with van der Waals surface area (Å²) in [5.74, 6) is -0.646. The van der Waals surface area contributed by atoms with E-state index in [0.29, 0.717) is 16.1 Å². The third-order valence-electron chi connectivity index (χ3n) is 2.34. The molecular formula is C13H10BrNO3S. The smallest absolute Gasteiger partial charge is 0.337 e. The Morgan fingerprint density at radius 3 is 2.68 bits per heavy atom. The van der Waals surface area contributed by atoms with Gasteiger partial charge in [-0.15, -0.1) is 11.3 Å². The van der Waals surface area contributed by atoms with Crippen LogP contribution >= 0.6 is 27.3 Å². The lowest BCUT2D eigenvalue weighted by Gasteiger charge is -2.05. The molecule has 2 rings (SSSR count). The second kappa shape index (κ2) is 5.99. The molecule has 6 heteroatoms. The molecular weight excluding hydrogens is 330 g/mol. The van der Waals surface area contributed by atoms with Crippen molar-refractivity contribution in [2.45, 2.75) is 0 Å². The summed E-state index contributed by atoms with van der Waals surface area (Å²) in [4.78, 5) is 23.9. The van der Waals surface area contributed by atoms with Gasteiger partial charge in [-0.3, -0.25) is 4.79 Å². The van der Waals surface area contributed by atoms with E-state index in [4.69, 9.17) is 0 Å². The fourth-order valence-electron chi connectivity index (χ4n) is 1.47. The molecule has 0 bridgehead atoms. The fraction of sp³-hybridized carbons (Fsp3) is 0.0769. The van der Waals surface area contributed by atoms with E-state index in [9.17, 15) is 9.59 Å². The molecule has 98 valence electrons. The van der Waals surface area contributed by atoms with E-state index in [1.54, 1.807) is 30.3 Å². The maximum atomic E-state index is 11.9. The molecule has 2 aromatic rings. The summed E-state index contributed by atoms with van der Waals surface area (Å²) in [5.41, 5.74) is 0.949. The van der Waals surface area contributed by atoms with Crippen LogP contribution in [-0.4, -0.2) is 19.0 Å². The number of hydrogen-bond donors (Lipinski definition) is 1. The predicted molar refractivity (Wildman–Crippen MR) is 77.8 cm³/mol. The number of halogens is 1. The molecule has 0 fully saturated rings. The Bertz CT molecular complexity index is 624. The van der Waals surface area contributed by atoms with Gasteiger partial charge in [0.25, 0.3) is 5.91 Å². The third kappa shape index (κ3) is 3.42. The first kappa shape index (κ1) is 13.8. The number of amides is 1. The molecule has 0 saturated carbocycles. The number of hydrogen-bond acceptors (Lipinski definition) is 4. The lowest BCUT2D eigenvalue weighted by Crippen LogP contribution is -2.11. The van der Waals surface area contributed by atoms with Crippen molar-refractivity contribution in [3.63, 3.8) is 0 Å². The van der Waals surface area contributed by atoms with Gasteiger partial charge < -0.3 is 10.1 Å². The van der Waals surface area contributed by atoms with Crippen LogP contribution in [0.3, 0.4) is 0 Å². The van der Waals surface area contributed by atoms with Crippen molar-refractivity contribution in [3.05, 3.63) is 50.6 Å². The van der Waals surface area contributed by atoms with E-state index in [2.05, 4.69) is 26.0 Å². The number of esters is 1. The van der Waals surface area contributed by atoms with Gasteiger partial charge in [0.1, 0.15) is 0 Å². The Hall–Kier alpha value is -1.66. The summed E-state index contributed by atoms with van der Waals surface area (Å²) in [5, 5.41) is 2.73. The van der Waals surface area contributed by atoms with Crippen LogP contribution in [0.25, 0.3) is 0 Å². The molecule has 1 aromatic heterocycles. The zero-order chi connectivity index (χ0) is 13.8. The Labute approximate surface area is 122 Å². The van der Waals surface area contributed by atoms with Crippen LogP contribution < -0.4 is 5.32 Å². The lowest BCUT2D eigenvalue weighted by molar-refractivity contribution is 0.0600. The van der Waals surface area contributed by atoms with E-state index >= 15 is 0 Å². The van der Waals surface area contributed by atoms with E-state index in [1.807, 2.05) is 6.07 Å². The minimum atomic E-state index is -0.435. The second-order valence-corrected chi connectivity index (χ2v) is 6.09. The van der Waals surface area contributed by atoms with Crippen LogP contribution in [0.4, 0.5) is 5.69 Å². The van der Waals surface area contributed by atoms with Gasteiger partial charge in [0.15, 0.2) is 0 Å². The lowest BCUT2D eigenvalue weighted by atomic mass is 10.2. The van der Waals surface area contributed by atoms with Crippen LogP contribution in [0.1, 0.15) is 20.0 Å². The van der Waals surface area contributed by atoms with Crippen LogP contribution in [0.2, 0.25) is 0 Å². The fourth-order valence-corrected chi connectivity index (χ4v) is 2.75. The Morgan fingerprint density at radius 2 is 2.05 bits per heavy atom. The number of benzene rings is 1. The zero-order valence-electron chi connectivity index (χ0n) is 9.98. The molecule has 0 atom stereocenters. The van der Waals surface area contributed by atoms with E-state index < -0.39 is 5.97 Å². The van der Waals surface area contributed by atoms with Crippen LogP contribution in [0, 0.1) is 0 Å². The van der Waals surface area contributed by atoms with Crippen molar-refractivity contribution in [1.29, 1.82) is 0 Å². The molecule has 1 heterocycles. The van der Waals surface area contributed by atoms with E-state index in [-0.39, 0.29) is 5.91 Å². The predicted octanol–water partition coefficient (Wildman–Crippen LogP) is 3.55. The first-order valence-corrected chi connectivity index (χ1v) is 6.96. The minimum Gasteiger partial charge on any atom is -0.465 e. The number of rotatable bonds is 3. The molecule has 1 N–H and O–H groups in total. The highest BCUT2D eigenvalue weighted by Crippen LogP contribution is 2.23. The van der Waals surface area contributed by atoms with Crippen molar-refractivity contribution in [1.82, 2.24) is 0 Å². The van der Waals surface area contributed by atoms with Crippen molar-refractivity contribution < 1.29 is 14.3 Å². The number of thiophene rings is 1. The van der Waals surface area contributed by atoms with Gasteiger partial charge in [0.05, 0.1) is 21.3 Å². The van der Waals surface area contributed by atoms with Crippen molar-refractivity contribution in [2.24, 2.45) is 0 Å². The monoisotopic (exact) mass is 339 g/mol. The zero-order valence-corrected chi connectivity index (χ0v) is 12.4. The van der Waals surface area contributed by atoms with Crippen molar-refractivity contribution in [2.75, 3.05) is 12.4 Å². The SMILES string of the molecule is COC(=O)c1cccc(NC(=O)c2ccc(Br)s2)c1. The number of methoxy groups -OCH3 is 1. The van der Waals surface area contributed by atoms with Crippen LogP contribution in [-0.2, 0) is 4.74 Å². The molecule has 0 spiro atoms. The standard InChI is InChI=1S/C13H10BrNO3S/c1-18-13(17)8-3-2-4-9(7-8)15-12(16)10-5-6-11(14)19-10/h2-7H,1H3,(H,15,16).